The minimum Gasteiger partial charge on any atom is -0.438 e. The second-order valence-corrected chi connectivity index (χ2v) is 7.93. The van der Waals surface area contributed by atoms with E-state index < -0.39 is 16.2 Å². The zero-order valence-electron chi connectivity index (χ0n) is 11.1. The monoisotopic (exact) mass is 322 g/mol. The third-order valence-electron chi connectivity index (χ3n) is 4.55. The highest BCUT2D eigenvalue weighted by atomic mass is 32.2. The molecule has 114 valence electrons. The number of thiol groups is 1. The van der Waals surface area contributed by atoms with Gasteiger partial charge in [-0.05, 0) is 18.8 Å². The van der Waals surface area contributed by atoms with E-state index in [1.807, 2.05) is 0 Å². The van der Waals surface area contributed by atoms with Crippen LogP contribution < -0.4 is 0 Å². The molecular weight excluding hydrogens is 304 g/mol. The standard InChI is InChI=1S/C12H18O6S2/c1-6(4-19)12(13)17-5-16-10-7-2-8-9(3-7)20(14,15)18-11(8)10/h6-11,19H,2-5H2,1H3. The highest BCUT2D eigenvalue weighted by molar-refractivity contribution is 7.87. The van der Waals surface area contributed by atoms with Crippen molar-refractivity contribution < 1.29 is 26.9 Å². The maximum atomic E-state index is 11.8. The fraction of sp³-hybridized carbons (Fsp3) is 0.917. The lowest BCUT2D eigenvalue weighted by atomic mass is 9.94. The van der Waals surface area contributed by atoms with Crippen LogP contribution in [0, 0.1) is 17.8 Å². The zero-order chi connectivity index (χ0) is 14.5. The summed E-state index contributed by atoms with van der Waals surface area (Å²) >= 11 is 4.03. The van der Waals surface area contributed by atoms with E-state index in [-0.39, 0.29) is 41.9 Å². The van der Waals surface area contributed by atoms with Gasteiger partial charge in [0.05, 0.1) is 17.3 Å². The van der Waals surface area contributed by atoms with Crippen molar-refractivity contribution in [1.82, 2.24) is 0 Å². The van der Waals surface area contributed by atoms with Gasteiger partial charge < -0.3 is 9.47 Å². The van der Waals surface area contributed by atoms with Crippen molar-refractivity contribution in [1.29, 1.82) is 0 Å². The molecule has 3 aliphatic rings. The Kier molecular flexibility index (Phi) is 3.77. The highest BCUT2D eigenvalue weighted by Crippen LogP contribution is 2.55. The van der Waals surface area contributed by atoms with Gasteiger partial charge in [0.1, 0.15) is 6.10 Å². The average Bonchev–Trinajstić information content (AvgIpc) is 3.01. The van der Waals surface area contributed by atoms with Crippen LogP contribution in [-0.4, -0.2) is 44.4 Å². The number of hydrogen-bond donors (Lipinski definition) is 1. The first-order valence-corrected chi connectivity index (χ1v) is 8.85. The summed E-state index contributed by atoms with van der Waals surface area (Å²) in [6, 6.07) is 0. The molecular formula is C12H18O6S2. The minimum atomic E-state index is -3.42. The lowest BCUT2D eigenvalue weighted by Crippen LogP contribution is -2.36. The van der Waals surface area contributed by atoms with Crippen LogP contribution in [0.25, 0.3) is 0 Å². The molecule has 6 unspecified atom stereocenters. The first-order chi connectivity index (χ1) is 9.44. The number of ether oxygens (including phenoxy) is 2. The fourth-order valence-electron chi connectivity index (χ4n) is 3.50. The first-order valence-electron chi connectivity index (χ1n) is 6.75. The van der Waals surface area contributed by atoms with Gasteiger partial charge in [-0.1, -0.05) is 6.92 Å². The van der Waals surface area contributed by atoms with E-state index in [9.17, 15) is 13.2 Å². The molecule has 6 nitrogen and oxygen atoms in total. The normalized spacial score (nSPS) is 41.8. The van der Waals surface area contributed by atoms with E-state index in [0.29, 0.717) is 12.2 Å². The molecule has 8 heteroatoms. The van der Waals surface area contributed by atoms with Crippen LogP contribution in [0.2, 0.25) is 0 Å². The average molecular weight is 322 g/mol. The Morgan fingerprint density at radius 3 is 2.90 bits per heavy atom. The van der Waals surface area contributed by atoms with Crippen molar-refractivity contribution >= 4 is 28.7 Å². The fourth-order valence-corrected chi connectivity index (χ4v) is 5.53. The van der Waals surface area contributed by atoms with Crippen molar-refractivity contribution in [2.24, 2.45) is 17.8 Å². The maximum Gasteiger partial charge on any atom is 0.311 e. The van der Waals surface area contributed by atoms with Crippen LogP contribution in [0.15, 0.2) is 0 Å². The number of carbonyl (C=O) groups excluding carboxylic acids is 1. The molecule has 6 atom stereocenters. The highest BCUT2D eigenvalue weighted by Gasteiger charge is 2.64. The number of fused-ring (bicyclic) bond motifs is 1. The Hall–Kier alpha value is -0.310. The number of esters is 1. The SMILES string of the molecule is CC(CS)C(=O)OCOC1C2CC3C1OS(=O)(=O)C3C2. The van der Waals surface area contributed by atoms with Gasteiger partial charge in [-0.25, -0.2) is 0 Å². The van der Waals surface area contributed by atoms with E-state index >= 15 is 0 Å². The second kappa shape index (κ2) is 5.15. The third kappa shape index (κ3) is 2.26. The van der Waals surface area contributed by atoms with Crippen molar-refractivity contribution in [3.05, 3.63) is 0 Å². The molecule has 0 aromatic carbocycles. The van der Waals surface area contributed by atoms with Gasteiger partial charge in [0.2, 0.25) is 0 Å². The van der Waals surface area contributed by atoms with E-state index in [1.54, 1.807) is 6.92 Å². The molecule has 0 spiro atoms. The Morgan fingerprint density at radius 1 is 1.45 bits per heavy atom. The molecule has 0 aromatic heterocycles. The lowest BCUT2D eigenvalue weighted by Gasteiger charge is -2.24. The van der Waals surface area contributed by atoms with E-state index in [4.69, 9.17) is 13.7 Å². The lowest BCUT2D eigenvalue weighted by molar-refractivity contribution is -0.171. The summed E-state index contributed by atoms with van der Waals surface area (Å²) in [5.41, 5.74) is 0. The van der Waals surface area contributed by atoms with Crippen LogP contribution in [0.4, 0.5) is 0 Å². The maximum absolute atomic E-state index is 11.8. The quantitative estimate of drug-likeness (QED) is 0.345. The summed E-state index contributed by atoms with van der Waals surface area (Å²) < 4.78 is 39.3. The summed E-state index contributed by atoms with van der Waals surface area (Å²) in [4.78, 5) is 11.5. The molecule has 2 aliphatic carbocycles. The molecule has 3 fully saturated rings. The first kappa shape index (κ1) is 14.6. The second-order valence-electron chi connectivity index (χ2n) is 5.78. The van der Waals surface area contributed by atoms with Crippen LogP contribution in [-0.2, 0) is 28.6 Å². The molecule has 2 saturated carbocycles. The molecule has 2 bridgehead atoms. The molecule has 20 heavy (non-hydrogen) atoms. The molecule has 0 N–H and O–H groups in total. The van der Waals surface area contributed by atoms with Crippen molar-refractivity contribution in [2.45, 2.75) is 37.2 Å². The molecule has 3 rings (SSSR count). The third-order valence-corrected chi connectivity index (χ3v) is 6.87. The van der Waals surface area contributed by atoms with Crippen molar-refractivity contribution in [3.8, 4) is 0 Å². The number of carbonyl (C=O) groups is 1. The predicted molar refractivity (Wildman–Crippen MR) is 72.6 cm³/mol. The zero-order valence-corrected chi connectivity index (χ0v) is 12.8. The summed E-state index contributed by atoms with van der Waals surface area (Å²) in [7, 11) is -3.42. The molecule has 0 amide bonds. The Labute approximate surface area is 123 Å². The van der Waals surface area contributed by atoms with Gasteiger partial charge in [0.25, 0.3) is 10.1 Å². The van der Waals surface area contributed by atoms with Gasteiger partial charge >= 0.3 is 5.97 Å². The molecule has 1 saturated heterocycles. The number of rotatable bonds is 5. The molecule has 1 heterocycles. The summed E-state index contributed by atoms with van der Waals surface area (Å²) in [5, 5.41) is -0.357. The number of hydrogen-bond acceptors (Lipinski definition) is 7. The Balaban J connectivity index is 1.55. The van der Waals surface area contributed by atoms with Gasteiger partial charge in [-0.15, -0.1) is 0 Å². The van der Waals surface area contributed by atoms with Gasteiger partial charge in [0.15, 0.2) is 6.79 Å². The van der Waals surface area contributed by atoms with Crippen molar-refractivity contribution in [3.63, 3.8) is 0 Å². The van der Waals surface area contributed by atoms with Gasteiger partial charge in [0, 0.05) is 11.7 Å². The van der Waals surface area contributed by atoms with E-state index in [2.05, 4.69) is 12.6 Å². The van der Waals surface area contributed by atoms with Crippen LogP contribution in [0.5, 0.6) is 0 Å². The van der Waals surface area contributed by atoms with Crippen LogP contribution in [0.3, 0.4) is 0 Å². The summed E-state index contributed by atoms with van der Waals surface area (Å²) in [6.07, 6.45) is 0.729. The molecule has 0 aromatic rings. The van der Waals surface area contributed by atoms with Crippen molar-refractivity contribution in [2.75, 3.05) is 12.5 Å². The molecule has 0 radical (unpaired) electrons. The topological polar surface area (TPSA) is 78.9 Å². The Morgan fingerprint density at radius 2 is 2.20 bits per heavy atom. The van der Waals surface area contributed by atoms with Gasteiger partial charge in [-0.2, -0.15) is 21.0 Å². The van der Waals surface area contributed by atoms with Gasteiger partial charge in [-0.3, -0.25) is 8.98 Å². The summed E-state index contributed by atoms with van der Waals surface area (Å²) in [6.45, 7) is 1.57. The minimum absolute atomic E-state index is 0.0436. The molecule has 1 aliphatic heterocycles. The smallest absolute Gasteiger partial charge is 0.311 e. The van der Waals surface area contributed by atoms with Crippen LogP contribution >= 0.6 is 12.6 Å². The van der Waals surface area contributed by atoms with E-state index in [0.717, 1.165) is 6.42 Å². The van der Waals surface area contributed by atoms with Crippen LogP contribution in [0.1, 0.15) is 19.8 Å². The predicted octanol–water partition coefficient (Wildman–Crippen LogP) is 0.575. The van der Waals surface area contributed by atoms with E-state index in [1.165, 1.54) is 0 Å². The summed E-state index contributed by atoms with van der Waals surface area (Å²) in [5.74, 6) is 0.00400. The Bertz CT molecular complexity index is 504. The largest absolute Gasteiger partial charge is 0.438 e.